The van der Waals surface area contributed by atoms with Gasteiger partial charge in [0.05, 0.1) is 12.6 Å². The molecule has 34 heavy (non-hydrogen) atoms. The zero-order valence-corrected chi connectivity index (χ0v) is 20.9. The van der Waals surface area contributed by atoms with E-state index in [2.05, 4.69) is 39.8 Å². The van der Waals surface area contributed by atoms with Gasteiger partial charge in [0.25, 0.3) is 0 Å². The summed E-state index contributed by atoms with van der Waals surface area (Å²) >= 11 is 0. The standard InChI is InChI=1S/C28H39N5O/c1-33(2)27-25-9-4-5-10-26(25)31-28(32-27)30-23-15-11-22(12-16-23)20-29-19-7-6-8-21-13-17-24(34-3)18-14-21/h4-5,9-10,13-14,17-18,22-23,29H,6-8,11-12,15-16,19-20H2,1-3H3,(H,30,31,32)/t22-,23+. The highest BCUT2D eigenvalue weighted by Crippen LogP contribution is 2.28. The molecule has 1 heterocycles. The molecule has 0 spiro atoms. The molecule has 6 nitrogen and oxygen atoms in total. The number of nitrogens with one attached hydrogen (secondary N) is 2. The van der Waals surface area contributed by atoms with E-state index in [4.69, 9.17) is 14.7 Å². The highest BCUT2D eigenvalue weighted by Gasteiger charge is 2.22. The summed E-state index contributed by atoms with van der Waals surface area (Å²) in [5.74, 6) is 3.42. The number of unbranched alkanes of at least 4 members (excludes halogenated alkanes) is 1. The van der Waals surface area contributed by atoms with E-state index < -0.39 is 0 Å². The van der Waals surface area contributed by atoms with Gasteiger partial charge in [-0.1, -0.05) is 24.3 Å². The molecule has 1 aliphatic rings. The lowest BCUT2D eigenvalue weighted by Gasteiger charge is -2.29. The second-order valence-corrected chi connectivity index (χ2v) is 9.65. The number of para-hydroxylation sites is 1. The number of hydrogen-bond donors (Lipinski definition) is 2. The van der Waals surface area contributed by atoms with Crippen molar-refractivity contribution in [1.82, 2.24) is 15.3 Å². The predicted molar refractivity (Wildman–Crippen MR) is 142 cm³/mol. The Morgan fingerprint density at radius 1 is 0.941 bits per heavy atom. The van der Waals surface area contributed by atoms with Crippen molar-refractivity contribution < 1.29 is 4.74 Å². The number of aromatic nitrogens is 2. The minimum absolute atomic E-state index is 0.455. The second kappa shape index (κ2) is 12.0. The first-order valence-electron chi connectivity index (χ1n) is 12.7. The molecule has 1 aromatic heterocycles. The van der Waals surface area contributed by atoms with Crippen LogP contribution in [0.5, 0.6) is 5.75 Å². The molecule has 1 saturated carbocycles. The maximum absolute atomic E-state index is 5.23. The molecule has 182 valence electrons. The molecule has 0 saturated heterocycles. The van der Waals surface area contributed by atoms with Crippen molar-refractivity contribution in [1.29, 1.82) is 0 Å². The SMILES string of the molecule is COc1ccc(CCCCNC[C@H]2CC[C@@H](Nc3nc(N(C)C)c4ccccc4n3)CC2)cc1. The van der Waals surface area contributed by atoms with Crippen LogP contribution in [0.4, 0.5) is 11.8 Å². The monoisotopic (exact) mass is 461 g/mol. The minimum atomic E-state index is 0.455. The molecule has 0 atom stereocenters. The maximum atomic E-state index is 5.23. The van der Waals surface area contributed by atoms with Gasteiger partial charge >= 0.3 is 0 Å². The normalized spacial score (nSPS) is 18.1. The largest absolute Gasteiger partial charge is 0.497 e. The number of hydrogen-bond acceptors (Lipinski definition) is 6. The molecular formula is C28H39N5O. The van der Waals surface area contributed by atoms with E-state index in [-0.39, 0.29) is 0 Å². The molecule has 1 fully saturated rings. The quantitative estimate of drug-likeness (QED) is 0.379. The van der Waals surface area contributed by atoms with Crippen molar-refractivity contribution in [2.75, 3.05) is 44.5 Å². The topological polar surface area (TPSA) is 62.3 Å². The molecule has 6 heteroatoms. The smallest absolute Gasteiger partial charge is 0.225 e. The van der Waals surface area contributed by atoms with E-state index in [1.165, 1.54) is 44.1 Å². The Morgan fingerprint density at radius 2 is 1.71 bits per heavy atom. The van der Waals surface area contributed by atoms with Crippen molar-refractivity contribution in [3.8, 4) is 5.75 Å². The highest BCUT2D eigenvalue weighted by atomic mass is 16.5. The van der Waals surface area contributed by atoms with Crippen molar-refractivity contribution >= 4 is 22.7 Å². The van der Waals surface area contributed by atoms with E-state index in [1.807, 2.05) is 38.4 Å². The first kappa shape index (κ1) is 24.3. The summed E-state index contributed by atoms with van der Waals surface area (Å²) in [7, 11) is 5.79. The third-order valence-electron chi connectivity index (χ3n) is 6.85. The first-order valence-corrected chi connectivity index (χ1v) is 12.7. The first-order chi connectivity index (χ1) is 16.6. The van der Waals surface area contributed by atoms with Crippen molar-refractivity contribution in [3.63, 3.8) is 0 Å². The zero-order valence-electron chi connectivity index (χ0n) is 20.9. The molecule has 3 aromatic rings. The fraction of sp³-hybridized carbons (Fsp3) is 0.500. The molecule has 0 unspecified atom stereocenters. The van der Waals surface area contributed by atoms with Gasteiger partial charge in [0, 0.05) is 25.5 Å². The van der Waals surface area contributed by atoms with Crippen LogP contribution in [-0.4, -0.2) is 50.3 Å². The summed E-state index contributed by atoms with van der Waals surface area (Å²) in [5.41, 5.74) is 2.38. The van der Waals surface area contributed by atoms with Gasteiger partial charge in [-0.3, -0.25) is 0 Å². The fourth-order valence-corrected chi connectivity index (χ4v) is 4.84. The Balaban J connectivity index is 1.15. The summed E-state index contributed by atoms with van der Waals surface area (Å²) in [5, 5.41) is 8.41. The van der Waals surface area contributed by atoms with Crippen LogP contribution in [0.2, 0.25) is 0 Å². The maximum Gasteiger partial charge on any atom is 0.225 e. The van der Waals surface area contributed by atoms with Gasteiger partial charge < -0.3 is 20.3 Å². The van der Waals surface area contributed by atoms with Crippen LogP contribution >= 0.6 is 0 Å². The number of ether oxygens (including phenoxy) is 1. The molecule has 4 rings (SSSR count). The van der Waals surface area contributed by atoms with E-state index in [0.717, 1.165) is 53.8 Å². The van der Waals surface area contributed by atoms with Gasteiger partial charge in [-0.15, -0.1) is 0 Å². The van der Waals surface area contributed by atoms with Crippen LogP contribution in [0.25, 0.3) is 10.9 Å². The third kappa shape index (κ3) is 6.60. The van der Waals surface area contributed by atoms with Crippen LogP contribution < -0.4 is 20.3 Å². The number of rotatable bonds is 11. The summed E-state index contributed by atoms with van der Waals surface area (Å²) in [6, 6.07) is 17.1. The van der Waals surface area contributed by atoms with Gasteiger partial charge in [0.15, 0.2) is 0 Å². The Labute approximate surface area is 204 Å². The number of benzene rings is 2. The van der Waals surface area contributed by atoms with Crippen LogP contribution in [0.3, 0.4) is 0 Å². The number of methoxy groups -OCH3 is 1. The van der Waals surface area contributed by atoms with Gasteiger partial charge in [0.2, 0.25) is 5.95 Å². The minimum Gasteiger partial charge on any atom is -0.497 e. The predicted octanol–water partition coefficient (Wildman–Crippen LogP) is 5.29. The van der Waals surface area contributed by atoms with Crippen molar-refractivity contribution in [2.24, 2.45) is 5.92 Å². The third-order valence-corrected chi connectivity index (χ3v) is 6.85. The molecule has 0 amide bonds. The highest BCUT2D eigenvalue weighted by molar-refractivity contribution is 5.90. The molecule has 1 aliphatic carbocycles. The van der Waals surface area contributed by atoms with Crippen molar-refractivity contribution in [2.45, 2.75) is 51.0 Å². The van der Waals surface area contributed by atoms with Crippen LogP contribution in [0, 0.1) is 5.92 Å². The second-order valence-electron chi connectivity index (χ2n) is 9.65. The van der Waals surface area contributed by atoms with E-state index in [1.54, 1.807) is 7.11 Å². The van der Waals surface area contributed by atoms with Crippen LogP contribution in [0.1, 0.15) is 44.1 Å². The number of nitrogens with zero attached hydrogens (tertiary/aromatic N) is 3. The Hall–Kier alpha value is -2.86. The molecule has 0 radical (unpaired) electrons. The Morgan fingerprint density at radius 3 is 2.44 bits per heavy atom. The summed E-state index contributed by atoms with van der Waals surface area (Å²) in [4.78, 5) is 11.6. The number of aryl methyl sites for hydroxylation is 1. The summed E-state index contributed by atoms with van der Waals surface area (Å²) in [6.45, 7) is 2.24. The Kier molecular flexibility index (Phi) is 8.58. The van der Waals surface area contributed by atoms with Gasteiger partial charge in [-0.2, -0.15) is 4.98 Å². The molecular weight excluding hydrogens is 422 g/mol. The Bertz CT molecular complexity index is 1030. The van der Waals surface area contributed by atoms with Gasteiger partial charge in [-0.25, -0.2) is 4.98 Å². The lowest BCUT2D eigenvalue weighted by Crippen LogP contribution is -2.32. The zero-order chi connectivity index (χ0) is 23.8. The van der Waals surface area contributed by atoms with Crippen molar-refractivity contribution in [3.05, 3.63) is 54.1 Å². The van der Waals surface area contributed by atoms with E-state index in [9.17, 15) is 0 Å². The fourth-order valence-electron chi connectivity index (χ4n) is 4.84. The van der Waals surface area contributed by atoms with E-state index >= 15 is 0 Å². The van der Waals surface area contributed by atoms with Crippen LogP contribution in [-0.2, 0) is 6.42 Å². The van der Waals surface area contributed by atoms with Gasteiger partial charge in [0.1, 0.15) is 11.6 Å². The summed E-state index contributed by atoms with van der Waals surface area (Å²) < 4.78 is 5.23. The van der Waals surface area contributed by atoms with Gasteiger partial charge in [-0.05, 0) is 93.8 Å². The lowest BCUT2D eigenvalue weighted by atomic mass is 9.86. The van der Waals surface area contributed by atoms with Crippen LogP contribution in [0.15, 0.2) is 48.5 Å². The van der Waals surface area contributed by atoms with E-state index in [0.29, 0.717) is 6.04 Å². The summed E-state index contributed by atoms with van der Waals surface area (Å²) in [6.07, 6.45) is 8.44. The molecule has 0 bridgehead atoms. The average molecular weight is 462 g/mol. The number of anilines is 2. The number of fused-ring (bicyclic) bond motifs is 1. The molecule has 2 N–H and O–H groups in total. The molecule has 0 aliphatic heterocycles. The average Bonchev–Trinajstić information content (AvgIpc) is 2.87. The molecule has 2 aromatic carbocycles. The lowest BCUT2D eigenvalue weighted by molar-refractivity contribution is 0.323.